The van der Waals surface area contributed by atoms with Crippen LogP contribution in [0.1, 0.15) is 57.4 Å². The molecule has 0 amide bonds. The highest BCUT2D eigenvalue weighted by atomic mass is 35.5. The van der Waals surface area contributed by atoms with Crippen molar-refractivity contribution in [1.82, 2.24) is 0 Å². The van der Waals surface area contributed by atoms with E-state index in [-0.39, 0.29) is 16.9 Å². The monoisotopic (exact) mass is 403 g/mol. The van der Waals surface area contributed by atoms with E-state index < -0.39 is 0 Å². The number of nitrogens with one attached hydrogen (secondary N) is 1. The summed E-state index contributed by atoms with van der Waals surface area (Å²) in [5.74, 6) is 0. The molecule has 1 unspecified atom stereocenters. The SMILES string of the molecule is CC(C)(C)c1ccc(-c2cccc(C3Nc4ccc(Cl)cc4CC3(C)C)c2)cc1. The first-order valence-corrected chi connectivity index (χ1v) is 10.8. The van der Waals surface area contributed by atoms with Gasteiger partial charge in [0.25, 0.3) is 0 Å². The van der Waals surface area contributed by atoms with E-state index in [2.05, 4.69) is 101 Å². The van der Waals surface area contributed by atoms with Crippen molar-refractivity contribution < 1.29 is 0 Å². The number of hydrogen-bond acceptors (Lipinski definition) is 1. The number of anilines is 1. The molecule has 0 spiro atoms. The maximum Gasteiger partial charge on any atom is 0.0568 e. The number of hydrogen-bond donors (Lipinski definition) is 1. The summed E-state index contributed by atoms with van der Waals surface area (Å²) in [4.78, 5) is 0. The molecule has 0 aromatic heterocycles. The Bertz CT molecular complexity index is 1030. The molecule has 0 radical (unpaired) electrons. The molecule has 1 atom stereocenters. The van der Waals surface area contributed by atoms with Gasteiger partial charge in [0.1, 0.15) is 0 Å². The van der Waals surface area contributed by atoms with Gasteiger partial charge in [0, 0.05) is 10.7 Å². The minimum absolute atomic E-state index is 0.0897. The summed E-state index contributed by atoms with van der Waals surface area (Å²) in [5, 5.41) is 4.59. The summed E-state index contributed by atoms with van der Waals surface area (Å²) < 4.78 is 0. The molecule has 0 saturated carbocycles. The number of fused-ring (bicyclic) bond motifs is 1. The van der Waals surface area contributed by atoms with Gasteiger partial charge in [-0.2, -0.15) is 0 Å². The molecule has 150 valence electrons. The van der Waals surface area contributed by atoms with E-state index in [1.54, 1.807) is 0 Å². The summed E-state index contributed by atoms with van der Waals surface area (Å²) in [6.07, 6.45) is 1.01. The van der Waals surface area contributed by atoms with Gasteiger partial charge in [-0.25, -0.2) is 0 Å². The second-order valence-electron chi connectivity index (χ2n) is 10.00. The van der Waals surface area contributed by atoms with Crippen molar-refractivity contribution in [2.75, 3.05) is 5.32 Å². The van der Waals surface area contributed by atoms with Crippen LogP contribution in [0.5, 0.6) is 0 Å². The molecule has 29 heavy (non-hydrogen) atoms. The molecule has 2 heteroatoms. The highest BCUT2D eigenvalue weighted by molar-refractivity contribution is 6.30. The highest BCUT2D eigenvalue weighted by Gasteiger charge is 2.36. The van der Waals surface area contributed by atoms with E-state index in [0.29, 0.717) is 0 Å². The Balaban J connectivity index is 1.67. The predicted molar refractivity (Wildman–Crippen MR) is 126 cm³/mol. The van der Waals surface area contributed by atoms with E-state index in [4.69, 9.17) is 11.6 Å². The molecule has 1 aliphatic rings. The van der Waals surface area contributed by atoms with E-state index in [0.717, 1.165) is 11.4 Å². The van der Waals surface area contributed by atoms with Crippen LogP contribution in [0.3, 0.4) is 0 Å². The Morgan fingerprint density at radius 3 is 2.31 bits per heavy atom. The van der Waals surface area contributed by atoms with E-state index in [9.17, 15) is 0 Å². The fourth-order valence-electron chi connectivity index (χ4n) is 4.39. The molecule has 1 heterocycles. The first-order chi connectivity index (χ1) is 13.6. The Hall–Kier alpha value is -2.25. The highest BCUT2D eigenvalue weighted by Crippen LogP contribution is 2.45. The first kappa shape index (κ1) is 20.0. The van der Waals surface area contributed by atoms with Crippen molar-refractivity contribution in [3.05, 3.63) is 88.4 Å². The van der Waals surface area contributed by atoms with E-state index in [1.165, 1.54) is 33.5 Å². The minimum Gasteiger partial charge on any atom is -0.377 e. The standard InChI is InChI=1S/C27H30ClN/c1-26(2,3)22-11-9-18(10-12-22)19-7-6-8-20(15-19)25-27(4,5)17-21-16-23(28)13-14-24(21)29-25/h6-16,25,29H,17H2,1-5H3. The number of rotatable bonds is 2. The van der Waals surface area contributed by atoms with Crippen LogP contribution in [0, 0.1) is 5.41 Å². The van der Waals surface area contributed by atoms with Crippen molar-refractivity contribution in [2.24, 2.45) is 5.41 Å². The van der Waals surface area contributed by atoms with Gasteiger partial charge in [-0.3, -0.25) is 0 Å². The zero-order valence-electron chi connectivity index (χ0n) is 18.0. The summed E-state index contributed by atoms with van der Waals surface area (Å²) >= 11 is 6.22. The topological polar surface area (TPSA) is 12.0 Å². The Labute approximate surface area is 180 Å². The van der Waals surface area contributed by atoms with Crippen molar-refractivity contribution in [3.63, 3.8) is 0 Å². The lowest BCUT2D eigenvalue weighted by atomic mass is 9.72. The zero-order chi connectivity index (χ0) is 20.8. The second kappa shape index (κ2) is 7.22. The van der Waals surface area contributed by atoms with Crippen LogP contribution in [-0.4, -0.2) is 0 Å². The van der Waals surface area contributed by atoms with Crippen LogP contribution in [0.25, 0.3) is 11.1 Å². The Kier molecular flexibility index (Phi) is 4.99. The molecule has 0 aliphatic carbocycles. The van der Waals surface area contributed by atoms with Crippen LogP contribution in [0.4, 0.5) is 5.69 Å². The molecule has 0 bridgehead atoms. The number of halogens is 1. The molecular formula is C27H30ClN. The van der Waals surface area contributed by atoms with E-state index in [1.807, 2.05) is 6.07 Å². The fourth-order valence-corrected chi connectivity index (χ4v) is 4.58. The average Bonchev–Trinajstić information content (AvgIpc) is 2.66. The molecule has 4 rings (SSSR count). The summed E-state index contributed by atoms with van der Waals surface area (Å²) in [6, 6.07) is 24.4. The lowest BCUT2D eigenvalue weighted by molar-refractivity contribution is 0.295. The third-order valence-corrected chi connectivity index (χ3v) is 6.33. The van der Waals surface area contributed by atoms with Crippen LogP contribution < -0.4 is 5.32 Å². The predicted octanol–water partition coefficient (Wildman–Crippen LogP) is 8.04. The van der Waals surface area contributed by atoms with E-state index >= 15 is 0 Å². The van der Waals surface area contributed by atoms with Gasteiger partial charge in [0.2, 0.25) is 0 Å². The molecule has 1 N–H and O–H groups in total. The summed E-state index contributed by atoms with van der Waals surface area (Å²) in [7, 11) is 0. The molecule has 1 aliphatic heterocycles. The van der Waals surface area contributed by atoms with Crippen LogP contribution in [0.15, 0.2) is 66.7 Å². The van der Waals surface area contributed by atoms with Crippen LogP contribution in [-0.2, 0) is 11.8 Å². The van der Waals surface area contributed by atoms with Gasteiger partial charge >= 0.3 is 0 Å². The normalized spacial score (nSPS) is 18.1. The maximum absolute atomic E-state index is 6.22. The fraction of sp³-hybridized carbons (Fsp3) is 0.333. The van der Waals surface area contributed by atoms with Gasteiger partial charge in [-0.1, -0.05) is 88.7 Å². The van der Waals surface area contributed by atoms with Crippen molar-refractivity contribution in [3.8, 4) is 11.1 Å². The zero-order valence-corrected chi connectivity index (χ0v) is 18.8. The van der Waals surface area contributed by atoms with Gasteiger partial charge in [0.05, 0.1) is 6.04 Å². The van der Waals surface area contributed by atoms with Crippen molar-refractivity contribution in [1.29, 1.82) is 0 Å². The lowest BCUT2D eigenvalue weighted by Crippen LogP contribution is -2.34. The van der Waals surface area contributed by atoms with Gasteiger partial charge in [-0.05, 0) is 69.3 Å². The third-order valence-electron chi connectivity index (χ3n) is 6.10. The van der Waals surface area contributed by atoms with Gasteiger partial charge in [0.15, 0.2) is 0 Å². The number of benzene rings is 3. The van der Waals surface area contributed by atoms with Crippen LogP contribution in [0.2, 0.25) is 5.02 Å². The largest absolute Gasteiger partial charge is 0.377 e. The van der Waals surface area contributed by atoms with Gasteiger partial charge in [-0.15, -0.1) is 0 Å². The molecule has 1 nitrogen and oxygen atoms in total. The molecule has 0 saturated heterocycles. The van der Waals surface area contributed by atoms with Gasteiger partial charge < -0.3 is 5.32 Å². The Morgan fingerprint density at radius 1 is 0.897 bits per heavy atom. The summed E-state index contributed by atoms with van der Waals surface area (Å²) in [6.45, 7) is 11.4. The smallest absolute Gasteiger partial charge is 0.0568 e. The maximum atomic E-state index is 6.22. The quantitative estimate of drug-likeness (QED) is 0.456. The summed E-state index contributed by atoms with van der Waals surface area (Å²) in [5.41, 5.74) is 7.98. The molecule has 3 aromatic carbocycles. The third kappa shape index (κ3) is 4.07. The molecule has 0 fully saturated rings. The Morgan fingerprint density at radius 2 is 1.62 bits per heavy atom. The first-order valence-electron chi connectivity index (χ1n) is 10.4. The van der Waals surface area contributed by atoms with Crippen molar-refractivity contribution >= 4 is 17.3 Å². The van der Waals surface area contributed by atoms with Crippen LogP contribution >= 0.6 is 11.6 Å². The van der Waals surface area contributed by atoms with Crippen molar-refractivity contribution in [2.45, 2.75) is 52.5 Å². The minimum atomic E-state index is 0.0897. The second-order valence-corrected chi connectivity index (χ2v) is 10.4. The lowest BCUT2D eigenvalue weighted by Gasteiger charge is -2.41. The molecule has 3 aromatic rings. The molecular weight excluding hydrogens is 374 g/mol. The average molecular weight is 404 g/mol.